The van der Waals surface area contributed by atoms with Crippen LogP contribution in [0.5, 0.6) is 5.88 Å². The molecule has 0 unspecified atom stereocenters. The minimum absolute atomic E-state index is 0.0224. The third kappa shape index (κ3) is 4.77. The molecule has 1 aromatic heterocycles. The second-order valence-electron chi connectivity index (χ2n) is 7.20. The summed E-state index contributed by atoms with van der Waals surface area (Å²) in [5.41, 5.74) is 6.45. The molecular formula is C24H26N2O2. The van der Waals surface area contributed by atoms with Gasteiger partial charge in [-0.3, -0.25) is 4.79 Å². The van der Waals surface area contributed by atoms with Crippen LogP contribution < -0.4 is 5.32 Å². The summed E-state index contributed by atoms with van der Waals surface area (Å²) < 4.78 is 0. The predicted octanol–water partition coefficient (Wildman–Crippen LogP) is 4.43. The standard InChI is InChI=1S/C24H26N2O2/c1-16-13-18(3)26-24(28)22(16)15-25-23(27)21-12-11-20(14-17(21)2)10-9-19-7-5-4-6-8-19/h4-8,11-14H,9-10,15H2,1-3H3,(H,25,27)(H,26,28). The molecule has 0 spiro atoms. The molecule has 0 bridgehead atoms. The molecule has 0 aliphatic carbocycles. The van der Waals surface area contributed by atoms with E-state index in [1.54, 1.807) is 0 Å². The summed E-state index contributed by atoms with van der Waals surface area (Å²) in [4.78, 5) is 16.7. The molecule has 4 nitrogen and oxygen atoms in total. The van der Waals surface area contributed by atoms with E-state index in [0.717, 1.165) is 29.7 Å². The summed E-state index contributed by atoms with van der Waals surface area (Å²) in [6, 6.07) is 18.3. The van der Waals surface area contributed by atoms with Crippen molar-refractivity contribution >= 4 is 5.91 Å². The largest absolute Gasteiger partial charge is 0.493 e. The molecule has 0 aliphatic heterocycles. The van der Waals surface area contributed by atoms with Gasteiger partial charge in [0.05, 0.1) is 0 Å². The van der Waals surface area contributed by atoms with E-state index in [9.17, 15) is 9.90 Å². The lowest BCUT2D eigenvalue weighted by atomic mass is 9.99. The fraction of sp³-hybridized carbons (Fsp3) is 0.250. The topological polar surface area (TPSA) is 62.2 Å². The Kier molecular flexibility index (Phi) is 6.09. The molecule has 3 rings (SSSR count). The minimum Gasteiger partial charge on any atom is -0.493 e. The van der Waals surface area contributed by atoms with Gasteiger partial charge in [0.25, 0.3) is 5.91 Å². The number of rotatable bonds is 6. The van der Waals surface area contributed by atoms with Crippen LogP contribution >= 0.6 is 0 Å². The van der Waals surface area contributed by atoms with E-state index in [4.69, 9.17) is 0 Å². The van der Waals surface area contributed by atoms with Gasteiger partial charge < -0.3 is 10.4 Å². The quantitative estimate of drug-likeness (QED) is 0.671. The average Bonchev–Trinajstić information content (AvgIpc) is 2.66. The second kappa shape index (κ2) is 8.70. The molecule has 0 saturated heterocycles. The zero-order valence-corrected chi connectivity index (χ0v) is 16.6. The summed E-state index contributed by atoms with van der Waals surface area (Å²) in [6.45, 7) is 5.94. The maximum absolute atomic E-state index is 12.6. The van der Waals surface area contributed by atoms with E-state index in [0.29, 0.717) is 11.1 Å². The molecule has 0 radical (unpaired) electrons. The Bertz CT molecular complexity index is 958. The number of pyridine rings is 1. The number of nitrogens with zero attached hydrogens (tertiary/aromatic N) is 1. The fourth-order valence-corrected chi connectivity index (χ4v) is 3.40. The number of carbonyl (C=O) groups is 1. The number of hydrogen-bond donors (Lipinski definition) is 2. The third-order valence-electron chi connectivity index (χ3n) is 4.96. The van der Waals surface area contributed by atoms with Gasteiger partial charge in [-0.1, -0.05) is 42.5 Å². The van der Waals surface area contributed by atoms with Crippen molar-refractivity contribution in [2.24, 2.45) is 0 Å². The van der Waals surface area contributed by atoms with E-state index in [1.807, 2.05) is 45.0 Å². The van der Waals surface area contributed by atoms with E-state index >= 15 is 0 Å². The number of amides is 1. The van der Waals surface area contributed by atoms with Crippen LogP contribution in [0.25, 0.3) is 0 Å². The van der Waals surface area contributed by atoms with Crippen LogP contribution in [0.2, 0.25) is 0 Å². The van der Waals surface area contributed by atoms with Crippen molar-refractivity contribution in [2.75, 3.05) is 0 Å². The van der Waals surface area contributed by atoms with Crippen molar-refractivity contribution in [1.29, 1.82) is 0 Å². The summed E-state index contributed by atoms with van der Waals surface area (Å²) in [7, 11) is 0. The fourth-order valence-electron chi connectivity index (χ4n) is 3.40. The molecule has 0 fully saturated rings. The van der Waals surface area contributed by atoms with Gasteiger partial charge in [-0.2, -0.15) is 0 Å². The van der Waals surface area contributed by atoms with Gasteiger partial charge >= 0.3 is 0 Å². The Hall–Kier alpha value is -3.14. The van der Waals surface area contributed by atoms with Gasteiger partial charge in [-0.05, 0) is 68.0 Å². The highest BCUT2D eigenvalue weighted by Gasteiger charge is 2.13. The van der Waals surface area contributed by atoms with Gasteiger partial charge in [0, 0.05) is 23.4 Å². The first-order chi connectivity index (χ1) is 13.4. The van der Waals surface area contributed by atoms with Crippen LogP contribution in [0, 0.1) is 20.8 Å². The Morgan fingerprint density at radius 3 is 2.32 bits per heavy atom. The maximum Gasteiger partial charge on any atom is 0.251 e. The molecule has 144 valence electrons. The molecule has 1 amide bonds. The van der Waals surface area contributed by atoms with Crippen molar-refractivity contribution in [3.05, 3.63) is 93.7 Å². The molecule has 4 heteroatoms. The van der Waals surface area contributed by atoms with Crippen LogP contribution in [-0.2, 0) is 19.4 Å². The van der Waals surface area contributed by atoms with Gasteiger partial charge in [-0.15, -0.1) is 0 Å². The lowest BCUT2D eigenvalue weighted by Gasteiger charge is -2.12. The maximum atomic E-state index is 12.6. The monoisotopic (exact) mass is 374 g/mol. The van der Waals surface area contributed by atoms with Crippen LogP contribution in [-0.4, -0.2) is 16.0 Å². The third-order valence-corrected chi connectivity index (χ3v) is 4.96. The van der Waals surface area contributed by atoms with Crippen molar-refractivity contribution in [3.63, 3.8) is 0 Å². The molecular weight excluding hydrogens is 348 g/mol. The molecule has 3 aromatic rings. The Morgan fingerprint density at radius 1 is 0.929 bits per heavy atom. The Balaban J connectivity index is 1.64. The lowest BCUT2D eigenvalue weighted by molar-refractivity contribution is 0.0950. The highest BCUT2D eigenvalue weighted by atomic mass is 16.3. The molecule has 0 aliphatic rings. The first-order valence-corrected chi connectivity index (χ1v) is 9.52. The Morgan fingerprint density at radius 2 is 1.64 bits per heavy atom. The summed E-state index contributed by atoms with van der Waals surface area (Å²) in [5, 5.41) is 12.9. The van der Waals surface area contributed by atoms with Crippen LogP contribution in [0.4, 0.5) is 0 Å². The van der Waals surface area contributed by atoms with Crippen molar-refractivity contribution in [3.8, 4) is 5.88 Å². The Labute approximate surface area is 166 Å². The predicted molar refractivity (Wildman–Crippen MR) is 112 cm³/mol. The normalized spacial score (nSPS) is 10.7. The minimum atomic E-state index is -0.147. The van der Waals surface area contributed by atoms with Crippen LogP contribution in [0.15, 0.2) is 54.6 Å². The number of carbonyl (C=O) groups excluding carboxylic acids is 1. The van der Waals surface area contributed by atoms with Gasteiger partial charge in [0.1, 0.15) is 0 Å². The molecule has 2 aromatic carbocycles. The number of aromatic hydroxyl groups is 1. The highest BCUT2D eigenvalue weighted by molar-refractivity contribution is 5.95. The van der Waals surface area contributed by atoms with Crippen LogP contribution in [0.3, 0.4) is 0 Å². The zero-order valence-electron chi connectivity index (χ0n) is 16.6. The smallest absolute Gasteiger partial charge is 0.251 e. The number of aryl methyl sites for hydroxylation is 5. The first kappa shape index (κ1) is 19.6. The molecule has 28 heavy (non-hydrogen) atoms. The highest BCUT2D eigenvalue weighted by Crippen LogP contribution is 2.20. The van der Waals surface area contributed by atoms with E-state index < -0.39 is 0 Å². The van der Waals surface area contributed by atoms with E-state index in [1.165, 1.54) is 11.1 Å². The zero-order chi connectivity index (χ0) is 20.1. The second-order valence-corrected chi connectivity index (χ2v) is 7.20. The van der Waals surface area contributed by atoms with Crippen molar-refractivity contribution in [1.82, 2.24) is 10.3 Å². The van der Waals surface area contributed by atoms with Gasteiger partial charge in [0.15, 0.2) is 0 Å². The number of nitrogens with one attached hydrogen (secondary N) is 1. The lowest BCUT2D eigenvalue weighted by Crippen LogP contribution is -2.24. The summed E-state index contributed by atoms with van der Waals surface area (Å²) >= 11 is 0. The van der Waals surface area contributed by atoms with E-state index in [2.05, 4.69) is 40.6 Å². The summed E-state index contributed by atoms with van der Waals surface area (Å²) in [6.07, 6.45) is 1.92. The number of aromatic nitrogens is 1. The van der Waals surface area contributed by atoms with Crippen molar-refractivity contribution in [2.45, 2.75) is 40.2 Å². The van der Waals surface area contributed by atoms with Crippen LogP contribution in [0.1, 0.15) is 43.9 Å². The SMILES string of the molecule is Cc1cc(C)c(CNC(=O)c2ccc(CCc3ccccc3)cc2C)c(O)n1. The van der Waals surface area contributed by atoms with Crippen molar-refractivity contribution < 1.29 is 9.90 Å². The number of hydrogen-bond acceptors (Lipinski definition) is 3. The summed E-state index contributed by atoms with van der Waals surface area (Å²) in [5.74, 6) is -0.169. The molecule has 2 N–H and O–H groups in total. The molecule has 1 heterocycles. The molecule has 0 saturated carbocycles. The molecule has 0 atom stereocenters. The van der Waals surface area contributed by atoms with Gasteiger partial charge in [0.2, 0.25) is 5.88 Å². The number of benzene rings is 2. The average molecular weight is 374 g/mol. The first-order valence-electron chi connectivity index (χ1n) is 9.52. The van der Waals surface area contributed by atoms with Gasteiger partial charge in [-0.25, -0.2) is 4.98 Å². The van der Waals surface area contributed by atoms with E-state index in [-0.39, 0.29) is 18.3 Å².